The van der Waals surface area contributed by atoms with Gasteiger partial charge in [-0.2, -0.15) is 0 Å². The first-order chi connectivity index (χ1) is 6.42. The van der Waals surface area contributed by atoms with Gasteiger partial charge in [0.2, 0.25) is 0 Å². The van der Waals surface area contributed by atoms with Gasteiger partial charge in [0, 0.05) is 5.92 Å². The summed E-state index contributed by atoms with van der Waals surface area (Å²) in [6, 6.07) is 10.4. The van der Waals surface area contributed by atoms with E-state index in [1.54, 1.807) is 0 Å². The van der Waals surface area contributed by atoms with E-state index in [1.807, 2.05) is 6.07 Å². The van der Waals surface area contributed by atoms with E-state index in [-0.39, 0.29) is 0 Å². The molecule has 1 aliphatic carbocycles. The van der Waals surface area contributed by atoms with E-state index < -0.39 is 0 Å². The maximum atomic E-state index is 9.31. The second kappa shape index (κ2) is 3.93. The van der Waals surface area contributed by atoms with Crippen LogP contribution < -0.4 is 0 Å². The average molecular weight is 176 g/mol. The van der Waals surface area contributed by atoms with Crippen LogP contribution in [0.3, 0.4) is 0 Å². The Balaban J connectivity index is 2.12. The molecule has 0 amide bonds. The number of hydrogen-bond acceptors (Lipinski definition) is 1. The molecule has 70 valence electrons. The molecule has 1 N–H and O–H groups in total. The standard InChI is InChI=1S/C12H16O/c13-9-12(11-7-4-8-11)10-5-2-1-3-6-10/h1-3,5-6,11-13H,4,7-9H2. The molecule has 0 aromatic heterocycles. The predicted octanol–water partition coefficient (Wildman–Crippen LogP) is 2.56. The Hall–Kier alpha value is -0.820. The number of aliphatic hydroxyl groups excluding tert-OH is 1. The zero-order chi connectivity index (χ0) is 9.10. The van der Waals surface area contributed by atoms with E-state index in [0.717, 1.165) is 5.92 Å². The third-order valence-electron chi connectivity index (χ3n) is 3.14. The molecule has 1 unspecified atom stereocenters. The van der Waals surface area contributed by atoms with Crippen LogP contribution in [-0.2, 0) is 0 Å². The number of aliphatic hydroxyl groups is 1. The van der Waals surface area contributed by atoms with Crippen LogP contribution in [0.1, 0.15) is 30.7 Å². The molecule has 1 aromatic carbocycles. The fraction of sp³-hybridized carbons (Fsp3) is 0.500. The van der Waals surface area contributed by atoms with Gasteiger partial charge in [0.25, 0.3) is 0 Å². The van der Waals surface area contributed by atoms with Gasteiger partial charge in [-0.3, -0.25) is 0 Å². The van der Waals surface area contributed by atoms with Gasteiger partial charge in [-0.25, -0.2) is 0 Å². The molecule has 1 aromatic rings. The van der Waals surface area contributed by atoms with Crippen molar-refractivity contribution in [2.45, 2.75) is 25.2 Å². The highest BCUT2D eigenvalue weighted by molar-refractivity contribution is 5.20. The van der Waals surface area contributed by atoms with E-state index in [4.69, 9.17) is 0 Å². The molecule has 0 heterocycles. The van der Waals surface area contributed by atoms with Crippen molar-refractivity contribution in [2.75, 3.05) is 6.61 Å². The van der Waals surface area contributed by atoms with E-state index in [1.165, 1.54) is 24.8 Å². The molecule has 1 aliphatic rings. The lowest BCUT2D eigenvalue weighted by atomic mass is 9.73. The summed E-state index contributed by atoms with van der Waals surface area (Å²) in [6.07, 6.45) is 3.92. The SMILES string of the molecule is OCC(c1ccccc1)C1CCC1. The minimum Gasteiger partial charge on any atom is -0.396 e. The van der Waals surface area contributed by atoms with Crippen molar-refractivity contribution >= 4 is 0 Å². The minimum atomic E-state index is 0.300. The van der Waals surface area contributed by atoms with Crippen LogP contribution in [0.4, 0.5) is 0 Å². The fourth-order valence-electron chi connectivity index (χ4n) is 2.07. The molecule has 0 radical (unpaired) electrons. The van der Waals surface area contributed by atoms with Crippen molar-refractivity contribution in [3.63, 3.8) is 0 Å². The van der Waals surface area contributed by atoms with E-state index in [0.29, 0.717) is 12.5 Å². The Morgan fingerprint density at radius 2 is 1.92 bits per heavy atom. The van der Waals surface area contributed by atoms with Gasteiger partial charge in [-0.1, -0.05) is 36.8 Å². The van der Waals surface area contributed by atoms with Crippen LogP contribution in [0, 0.1) is 5.92 Å². The van der Waals surface area contributed by atoms with Crippen molar-refractivity contribution in [2.24, 2.45) is 5.92 Å². The average Bonchev–Trinajstić information content (AvgIpc) is 2.12. The fourth-order valence-corrected chi connectivity index (χ4v) is 2.07. The monoisotopic (exact) mass is 176 g/mol. The summed E-state index contributed by atoms with van der Waals surface area (Å²) in [4.78, 5) is 0. The largest absolute Gasteiger partial charge is 0.396 e. The Kier molecular flexibility index (Phi) is 2.65. The van der Waals surface area contributed by atoms with Crippen LogP contribution in [0.25, 0.3) is 0 Å². The first-order valence-corrected chi connectivity index (χ1v) is 5.07. The van der Waals surface area contributed by atoms with Gasteiger partial charge in [-0.05, 0) is 24.3 Å². The summed E-state index contributed by atoms with van der Waals surface area (Å²) in [5.74, 6) is 1.11. The molecule has 13 heavy (non-hydrogen) atoms. The number of rotatable bonds is 3. The van der Waals surface area contributed by atoms with Crippen molar-refractivity contribution in [1.82, 2.24) is 0 Å². The molecule has 0 bridgehead atoms. The molecular weight excluding hydrogens is 160 g/mol. The molecule has 1 saturated carbocycles. The minimum absolute atomic E-state index is 0.300. The molecule has 1 nitrogen and oxygen atoms in total. The topological polar surface area (TPSA) is 20.2 Å². The Bertz CT molecular complexity index is 251. The van der Waals surface area contributed by atoms with Gasteiger partial charge in [0.1, 0.15) is 0 Å². The van der Waals surface area contributed by atoms with Gasteiger partial charge in [-0.15, -0.1) is 0 Å². The van der Waals surface area contributed by atoms with Gasteiger partial charge in [0.15, 0.2) is 0 Å². The van der Waals surface area contributed by atoms with E-state index in [2.05, 4.69) is 24.3 Å². The lowest BCUT2D eigenvalue weighted by Crippen LogP contribution is -2.22. The maximum Gasteiger partial charge on any atom is 0.0502 e. The third kappa shape index (κ3) is 1.75. The van der Waals surface area contributed by atoms with Gasteiger partial charge < -0.3 is 5.11 Å². The van der Waals surface area contributed by atoms with Gasteiger partial charge >= 0.3 is 0 Å². The molecule has 2 rings (SSSR count). The summed E-state index contributed by atoms with van der Waals surface area (Å²) in [7, 11) is 0. The highest BCUT2D eigenvalue weighted by Crippen LogP contribution is 2.38. The van der Waals surface area contributed by atoms with Crippen LogP contribution in [0.15, 0.2) is 30.3 Å². The van der Waals surface area contributed by atoms with Crippen molar-refractivity contribution in [3.8, 4) is 0 Å². The Morgan fingerprint density at radius 1 is 1.23 bits per heavy atom. The quantitative estimate of drug-likeness (QED) is 0.750. The molecule has 0 saturated heterocycles. The molecule has 0 aliphatic heterocycles. The van der Waals surface area contributed by atoms with Crippen LogP contribution in [-0.4, -0.2) is 11.7 Å². The van der Waals surface area contributed by atoms with Crippen LogP contribution in [0.5, 0.6) is 0 Å². The second-order valence-electron chi connectivity index (χ2n) is 3.89. The normalized spacial score (nSPS) is 19.5. The van der Waals surface area contributed by atoms with Crippen molar-refractivity contribution < 1.29 is 5.11 Å². The summed E-state index contributed by atoms with van der Waals surface area (Å²) < 4.78 is 0. The first kappa shape index (κ1) is 8.76. The Morgan fingerprint density at radius 3 is 2.38 bits per heavy atom. The third-order valence-corrected chi connectivity index (χ3v) is 3.14. The zero-order valence-corrected chi connectivity index (χ0v) is 7.82. The molecule has 0 spiro atoms. The van der Waals surface area contributed by atoms with Gasteiger partial charge in [0.05, 0.1) is 6.61 Å². The molecule has 1 fully saturated rings. The number of hydrogen-bond donors (Lipinski definition) is 1. The highest BCUT2D eigenvalue weighted by Gasteiger charge is 2.27. The lowest BCUT2D eigenvalue weighted by Gasteiger charge is -2.32. The summed E-state index contributed by atoms with van der Waals surface area (Å²) >= 11 is 0. The maximum absolute atomic E-state index is 9.31. The van der Waals surface area contributed by atoms with Crippen molar-refractivity contribution in [3.05, 3.63) is 35.9 Å². The summed E-state index contributed by atoms with van der Waals surface area (Å²) in [5.41, 5.74) is 1.30. The molecular formula is C12H16O. The smallest absolute Gasteiger partial charge is 0.0502 e. The Labute approximate surface area is 79.4 Å². The number of benzene rings is 1. The van der Waals surface area contributed by atoms with Crippen LogP contribution >= 0.6 is 0 Å². The summed E-state index contributed by atoms with van der Waals surface area (Å²) in [6.45, 7) is 0.300. The molecule has 1 atom stereocenters. The zero-order valence-electron chi connectivity index (χ0n) is 7.82. The van der Waals surface area contributed by atoms with E-state index in [9.17, 15) is 5.11 Å². The predicted molar refractivity (Wildman–Crippen MR) is 53.6 cm³/mol. The lowest BCUT2D eigenvalue weighted by molar-refractivity contribution is 0.173. The summed E-state index contributed by atoms with van der Waals surface area (Å²) in [5, 5.41) is 9.31. The second-order valence-corrected chi connectivity index (χ2v) is 3.89. The van der Waals surface area contributed by atoms with Crippen LogP contribution in [0.2, 0.25) is 0 Å². The van der Waals surface area contributed by atoms with E-state index >= 15 is 0 Å². The van der Waals surface area contributed by atoms with Crippen molar-refractivity contribution in [1.29, 1.82) is 0 Å². The first-order valence-electron chi connectivity index (χ1n) is 5.07. The molecule has 1 heteroatoms. The highest BCUT2D eigenvalue weighted by atomic mass is 16.3.